The number of likely N-dealkylation sites (tertiary alicyclic amines) is 1. The number of carbonyl (C=O) groups excluding carboxylic acids is 2. The molecule has 0 spiro atoms. The third kappa shape index (κ3) is 9.15. The number of nitriles is 1. The van der Waals surface area contributed by atoms with E-state index in [1.807, 2.05) is 56.6 Å². The number of aldehydes is 1. The highest BCUT2D eigenvalue weighted by Gasteiger charge is 2.46. The summed E-state index contributed by atoms with van der Waals surface area (Å²) in [5.41, 5.74) is 5.27. The van der Waals surface area contributed by atoms with Crippen LogP contribution in [-0.4, -0.2) is 64.3 Å². The van der Waals surface area contributed by atoms with Crippen molar-refractivity contribution in [3.05, 3.63) is 93.9 Å². The first-order valence-corrected chi connectivity index (χ1v) is 18.8. The molecule has 1 atom stereocenters. The number of rotatable bonds is 10. The molecule has 266 valence electrons. The minimum absolute atomic E-state index is 0.0604. The van der Waals surface area contributed by atoms with Gasteiger partial charge in [-0.25, -0.2) is 9.97 Å². The Kier molecular flexibility index (Phi) is 12.9. The predicted molar refractivity (Wildman–Crippen MR) is 201 cm³/mol. The minimum Gasteiger partial charge on any atom is -0.481 e. The number of carboxylic acids is 1. The Labute approximate surface area is 304 Å². The Bertz CT molecular complexity index is 1800. The molecule has 2 saturated carbocycles. The summed E-state index contributed by atoms with van der Waals surface area (Å²) in [4.78, 5) is 46.7. The van der Waals surface area contributed by atoms with Crippen molar-refractivity contribution >= 4 is 29.5 Å². The Morgan fingerprint density at radius 1 is 0.961 bits per heavy atom. The lowest BCUT2D eigenvalue weighted by molar-refractivity contribution is -0.153. The molecule has 51 heavy (non-hydrogen) atoms. The number of hydrogen-bond acceptors (Lipinski definition) is 8. The lowest BCUT2D eigenvalue weighted by Gasteiger charge is -2.38. The predicted octanol–water partition coefficient (Wildman–Crippen LogP) is 7.67. The SMILES string of the molecule is CC.CNC(Cc1ccc(-c2ncc(-c3ccc(C4CCCCC4)cc3)cn2)cc1)C(=O)N1CC(C(=O)O)C1.N#CC1(c2ccc(C=O)s2)CC1. The molecule has 1 aliphatic heterocycles. The van der Waals surface area contributed by atoms with E-state index in [4.69, 9.17) is 10.4 Å². The van der Waals surface area contributed by atoms with E-state index in [9.17, 15) is 14.4 Å². The van der Waals surface area contributed by atoms with Crippen molar-refractivity contribution in [2.45, 2.75) is 82.6 Å². The zero-order valence-corrected chi connectivity index (χ0v) is 30.5. The van der Waals surface area contributed by atoms with Crippen molar-refractivity contribution < 1.29 is 19.5 Å². The average Bonchev–Trinajstić information content (AvgIpc) is 3.82. The Hall–Kier alpha value is -4.72. The first-order valence-electron chi connectivity index (χ1n) is 18.0. The molecule has 1 amide bonds. The summed E-state index contributed by atoms with van der Waals surface area (Å²) in [7, 11) is 1.75. The maximum atomic E-state index is 12.7. The van der Waals surface area contributed by atoms with E-state index in [2.05, 4.69) is 45.6 Å². The van der Waals surface area contributed by atoms with E-state index < -0.39 is 11.9 Å². The van der Waals surface area contributed by atoms with Crippen LogP contribution >= 0.6 is 11.3 Å². The topological polar surface area (TPSA) is 136 Å². The van der Waals surface area contributed by atoms with Gasteiger partial charge in [-0.1, -0.05) is 81.6 Å². The fourth-order valence-electron chi connectivity index (χ4n) is 6.60. The van der Waals surface area contributed by atoms with E-state index in [-0.39, 0.29) is 30.5 Å². The van der Waals surface area contributed by atoms with Crippen LogP contribution in [0.5, 0.6) is 0 Å². The third-order valence-electron chi connectivity index (χ3n) is 9.99. The molecule has 3 aliphatic rings. The highest BCUT2D eigenvalue weighted by Crippen LogP contribution is 2.49. The van der Waals surface area contributed by atoms with Gasteiger partial charge in [0, 0.05) is 41.5 Å². The number of benzene rings is 2. The molecule has 2 aromatic carbocycles. The van der Waals surface area contributed by atoms with Gasteiger partial charge in [-0.05, 0) is 73.9 Å². The maximum Gasteiger partial charge on any atom is 0.310 e. The molecular formula is C41H47N5O4S. The summed E-state index contributed by atoms with van der Waals surface area (Å²) in [6, 6.07) is 22.4. The highest BCUT2D eigenvalue weighted by molar-refractivity contribution is 7.13. The van der Waals surface area contributed by atoms with Gasteiger partial charge in [-0.3, -0.25) is 14.4 Å². The van der Waals surface area contributed by atoms with Crippen LogP contribution in [-0.2, 0) is 21.4 Å². The van der Waals surface area contributed by atoms with Crippen molar-refractivity contribution in [3.63, 3.8) is 0 Å². The third-order valence-corrected chi connectivity index (χ3v) is 11.2. The normalized spacial score (nSPS) is 16.9. The van der Waals surface area contributed by atoms with E-state index in [0.717, 1.165) is 46.3 Å². The number of hydrogen-bond donors (Lipinski definition) is 2. The number of carbonyl (C=O) groups is 3. The second kappa shape index (κ2) is 17.5. The average molecular weight is 706 g/mol. The Morgan fingerprint density at radius 2 is 1.59 bits per heavy atom. The number of likely N-dealkylation sites (N-methyl/N-ethyl adjacent to an activating group) is 1. The summed E-state index contributed by atoms with van der Waals surface area (Å²) >= 11 is 1.44. The van der Waals surface area contributed by atoms with Gasteiger partial charge in [0.1, 0.15) is 0 Å². The monoisotopic (exact) mass is 705 g/mol. The zero-order valence-electron chi connectivity index (χ0n) is 29.7. The number of amides is 1. The molecule has 4 aromatic rings. The molecule has 10 heteroatoms. The number of aromatic nitrogens is 2. The van der Waals surface area contributed by atoms with Crippen LogP contribution in [0, 0.1) is 17.2 Å². The smallest absolute Gasteiger partial charge is 0.310 e. The van der Waals surface area contributed by atoms with E-state index in [1.165, 1.54) is 49.0 Å². The summed E-state index contributed by atoms with van der Waals surface area (Å²) in [6.07, 6.45) is 13.6. The van der Waals surface area contributed by atoms with Crippen LogP contribution in [0.25, 0.3) is 22.5 Å². The summed E-state index contributed by atoms with van der Waals surface area (Å²) in [5.74, 6) is 0.00727. The summed E-state index contributed by atoms with van der Waals surface area (Å²) < 4.78 is 0. The maximum absolute atomic E-state index is 12.7. The molecule has 7 rings (SSSR count). The van der Waals surface area contributed by atoms with Gasteiger partial charge in [0.15, 0.2) is 12.1 Å². The summed E-state index contributed by atoms with van der Waals surface area (Å²) in [6.45, 7) is 4.56. The van der Waals surface area contributed by atoms with E-state index in [0.29, 0.717) is 23.0 Å². The number of carboxylic acid groups (broad SMARTS) is 1. The molecule has 0 bridgehead atoms. The fraction of sp³-hybridized carbons (Fsp3) is 0.415. The second-order valence-electron chi connectivity index (χ2n) is 13.3. The number of nitrogens with zero attached hydrogens (tertiary/aromatic N) is 4. The second-order valence-corrected chi connectivity index (χ2v) is 14.4. The van der Waals surface area contributed by atoms with Crippen molar-refractivity contribution in [1.82, 2.24) is 20.2 Å². The van der Waals surface area contributed by atoms with Crippen LogP contribution in [0.1, 0.15) is 90.4 Å². The molecule has 1 saturated heterocycles. The van der Waals surface area contributed by atoms with Gasteiger partial charge < -0.3 is 15.3 Å². The Balaban J connectivity index is 0.000000301. The lowest BCUT2D eigenvalue weighted by atomic mass is 9.84. The van der Waals surface area contributed by atoms with Crippen molar-refractivity contribution in [1.29, 1.82) is 5.26 Å². The molecule has 1 unspecified atom stereocenters. The van der Waals surface area contributed by atoms with Gasteiger partial charge in [0.2, 0.25) is 5.91 Å². The molecule has 2 aromatic heterocycles. The quantitative estimate of drug-likeness (QED) is 0.161. The molecule has 9 nitrogen and oxygen atoms in total. The highest BCUT2D eigenvalue weighted by atomic mass is 32.1. The van der Waals surface area contributed by atoms with Gasteiger partial charge in [-0.15, -0.1) is 11.3 Å². The van der Waals surface area contributed by atoms with Crippen LogP contribution in [0.2, 0.25) is 0 Å². The van der Waals surface area contributed by atoms with E-state index >= 15 is 0 Å². The van der Waals surface area contributed by atoms with Crippen LogP contribution in [0.15, 0.2) is 73.1 Å². The molecule has 2 N–H and O–H groups in total. The van der Waals surface area contributed by atoms with Crippen molar-refractivity contribution in [2.24, 2.45) is 5.92 Å². The number of nitrogens with one attached hydrogen (secondary N) is 1. The molecule has 2 aliphatic carbocycles. The van der Waals surface area contributed by atoms with Crippen LogP contribution in [0.3, 0.4) is 0 Å². The Morgan fingerprint density at radius 3 is 2.12 bits per heavy atom. The molecule has 3 fully saturated rings. The standard InChI is InChI=1S/C30H34N4O3.C9H7NOS.C2H6/c1-31-27(29(35)34-18-26(19-34)30(36)37)15-20-7-9-24(10-8-20)28-32-16-25(17-33-28)23-13-11-22(12-14-23)21-5-3-2-4-6-21;10-6-9(3-4-9)8-2-1-7(5-11)12-8;1-2/h7-14,16-17,21,26-27,31H,2-6,15,18-19H2,1H3,(H,36,37);1-2,5H,3-4H2;1-2H3. The van der Waals surface area contributed by atoms with Gasteiger partial charge >= 0.3 is 5.97 Å². The summed E-state index contributed by atoms with van der Waals surface area (Å²) in [5, 5.41) is 21.0. The molecular weight excluding hydrogens is 659 g/mol. The first kappa shape index (κ1) is 37.5. The lowest BCUT2D eigenvalue weighted by Crippen LogP contribution is -2.58. The van der Waals surface area contributed by atoms with Crippen LogP contribution < -0.4 is 5.32 Å². The van der Waals surface area contributed by atoms with Crippen LogP contribution in [0.4, 0.5) is 0 Å². The largest absolute Gasteiger partial charge is 0.481 e. The van der Waals surface area contributed by atoms with Gasteiger partial charge in [0.25, 0.3) is 0 Å². The number of aliphatic carboxylic acids is 1. The van der Waals surface area contributed by atoms with E-state index in [1.54, 1.807) is 18.0 Å². The molecule has 0 radical (unpaired) electrons. The number of thiophene rings is 1. The van der Waals surface area contributed by atoms with Gasteiger partial charge in [0.05, 0.1) is 28.3 Å². The van der Waals surface area contributed by atoms with Crippen molar-refractivity contribution in [2.75, 3.05) is 20.1 Å². The zero-order chi connectivity index (χ0) is 36.4. The first-order chi connectivity index (χ1) is 24.8. The van der Waals surface area contributed by atoms with Crippen molar-refractivity contribution in [3.8, 4) is 28.6 Å². The minimum atomic E-state index is -0.844. The van der Waals surface area contributed by atoms with Gasteiger partial charge in [-0.2, -0.15) is 5.26 Å². The fourth-order valence-corrected chi connectivity index (χ4v) is 7.61. The molecule has 3 heterocycles.